The van der Waals surface area contributed by atoms with Gasteiger partial charge < -0.3 is 9.47 Å². The first-order chi connectivity index (χ1) is 17.8. The Morgan fingerprint density at radius 1 is 0.974 bits per heavy atom. The van der Waals surface area contributed by atoms with Crippen molar-refractivity contribution in [2.45, 2.75) is 43.9 Å². The molecule has 1 aliphatic rings. The molecule has 13 heteroatoms. The summed E-state index contributed by atoms with van der Waals surface area (Å²) in [4.78, 5) is 12.3. The average molecular weight is 554 g/mol. The van der Waals surface area contributed by atoms with Crippen LogP contribution in [0.4, 0.5) is 23.4 Å². The third kappa shape index (κ3) is 6.55. The molecule has 0 amide bonds. The van der Waals surface area contributed by atoms with E-state index in [0.29, 0.717) is 61.4 Å². The number of anilines is 1. The normalized spacial score (nSPS) is 16.2. The number of hydrogen-bond acceptors (Lipinski definition) is 7. The van der Waals surface area contributed by atoms with Gasteiger partial charge in [-0.2, -0.15) is 13.2 Å². The lowest BCUT2D eigenvalue weighted by Gasteiger charge is -2.36. The van der Waals surface area contributed by atoms with Crippen LogP contribution < -0.4 is 4.90 Å². The maximum Gasteiger partial charge on any atom is 0.433 e. The third-order valence-corrected chi connectivity index (χ3v) is 7.74. The van der Waals surface area contributed by atoms with Crippen molar-refractivity contribution in [1.29, 1.82) is 0 Å². The Balaban J connectivity index is 1.31. The van der Waals surface area contributed by atoms with Crippen molar-refractivity contribution in [3.63, 3.8) is 0 Å². The third-order valence-electron chi connectivity index (χ3n) is 6.32. The molecule has 0 radical (unpaired) electrons. The Labute approximate surface area is 221 Å². The van der Waals surface area contributed by atoms with Gasteiger partial charge in [-0.05, 0) is 37.2 Å². The highest BCUT2D eigenvalue weighted by atomic mass is 32.2. The Hall–Kier alpha value is -2.93. The molecule has 0 spiro atoms. The summed E-state index contributed by atoms with van der Waals surface area (Å²) < 4.78 is 68.1. The molecule has 1 unspecified atom stereocenters. The molecule has 1 fully saturated rings. The van der Waals surface area contributed by atoms with Crippen molar-refractivity contribution in [3.05, 3.63) is 47.7 Å². The summed E-state index contributed by atoms with van der Waals surface area (Å²) >= 11 is 0. The van der Waals surface area contributed by atoms with Gasteiger partial charge in [0.2, 0.25) is 5.16 Å². The molecule has 1 aromatic carbocycles. The zero-order valence-corrected chi connectivity index (χ0v) is 22.6. The number of rotatable bonds is 7. The fourth-order valence-corrected chi connectivity index (χ4v) is 5.25. The average Bonchev–Trinajstić information content (AvgIpc) is 3.25. The molecular formula is C25H31F4N7OS. The zero-order chi connectivity index (χ0) is 27.7. The molecular weight excluding hydrogens is 522 g/mol. The highest BCUT2D eigenvalue weighted by Gasteiger charge is 2.36. The Bertz CT molecular complexity index is 1250. The van der Waals surface area contributed by atoms with Gasteiger partial charge in [0, 0.05) is 56.0 Å². The SMILES string of the molecule is Cn1c(-c2ccc(F)cc2)nnc1S(=O)CCCN1CCN(c2cc(C(F)(F)F)nc(C(C)(C)C)n2)CC1. The smallest absolute Gasteiger partial charge is 0.354 e. The largest absolute Gasteiger partial charge is 0.433 e. The van der Waals surface area contributed by atoms with E-state index in [4.69, 9.17) is 0 Å². The molecule has 1 atom stereocenters. The van der Waals surface area contributed by atoms with Crippen LogP contribution in [0.2, 0.25) is 0 Å². The number of hydrogen-bond donors (Lipinski definition) is 0. The van der Waals surface area contributed by atoms with Gasteiger partial charge >= 0.3 is 6.18 Å². The second-order valence-corrected chi connectivity index (χ2v) is 11.8. The summed E-state index contributed by atoms with van der Waals surface area (Å²) in [6.07, 6.45) is -3.89. The summed E-state index contributed by atoms with van der Waals surface area (Å²) in [7, 11) is 0.369. The van der Waals surface area contributed by atoms with E-state index in [2.05, 4.69) is 25.1 Å². The molecule has 0 N–H and O–H groups in total. The van der Waals surface area contributed by atoms with E-state index >= 15 is 0 Å². The van der Waals surface area contributed by atoms with E-state index in [0.717, 1.165) is 6.07 Å². The second kappa shape index (κ2) is 11.0. The molecule has 2 aromatic heterocycles. The van der Waals surface area contributed by atoms with Gasteiger partial charge in [0.15, 0.2) is 5.82 Å². The number of piperazine rings is 1. The van der Waals surface area contributed by atoms with E-state index in [1.165, 1.54) is 12.1 Å². The van der Waals surface area contributed by atoms with Gasteiger partial charge in [-0.15, -0.1) is 10.2 Å². The topological polar surface area (TPSA) is 80.0 Å². The van der Waals surface area contributed by atoms with Crippen LogP contribution in [0.3, 0.4) is 0 Å². The Morgan fingerprint density at radius 2 is 1.63 bits per heavy atom. The number of benzene rings is 1. The predicted octanol–water partition coefficient (Wildman–Crippen LogP) is 4.05. The zero-order valence-electron chi connectivity index (χ0n) is 21.8. The van der Waals surface area contributed by atoms with Crippen molar-refractivity contribution in [1.82, 2.24) is 29.6 Å². The molecule has 0 bridgehead atoms. The number of alkyl halides is 3. The van der Waals surface area contributed by atoms with Gasteiger partial charge in [0.05, 0.1) is 10.8 Å². The van der Waals surface area contributed by atoms with Crippen molar-refractivity contribution >= 4 is 16.6 Å². The lowest BCUT2D eigenvalue weighted by molar-refractivity contribution is -0.141. The van der Waals surface area contributed by atoms with E-state index in [1.807, 2.05) is 4.90 Å². The minimum Gasteiger partial charge on any atom is -0.354 e. The molecule has 3 aromatic rings. The minimum atomic E-state index is -4.54. The van der Waals surface area contributed by atoms with E-state index in [-0.39, 0.29) is 17.5 Å². The van der Waals surface area contributed by atoms with Crippen molar-refractivity contribution in [2.24, 2.45) is 7.05 Å². The van der Waals surface area contributed by atoms with Crippen LogP contribution in [0, 0.1) is 5.82 Å². The van der Waals surface area contributed by atoms with E-state index < -0.39 is 28.1 Å². The van der Waals surface area contributed by atoms with Crippen LogP contribution in [0.25, 0.3) is 11.4 Å². The van der Waals surface area contributed by atoms with E-state index in [9.17, 15) is 21.8 Å². The van der Waals surface area contributed by atoms with Crippen LogP contribution in [-0.2, 0) is 29.4 Å². The summed E-state index contributed by atoms with van der Waals surface area (Å²) in [6, 6.07) is 6.89. The molecule has 3 heterocycles. The Morgan fingerprint density at radius 3 is 2.24 bits per heavy atom. The van der Waals surface area contributed by atoms with E-state index in [1.54, 1.807) is 44.5 Å². The summed E-state index contributed by atoms with van der Waals surface area (Å²) in [5.41, 5.74) is -0.859. The van der Waals surface area contributed by atoms with Gasteiger partial charge in [-0.1, -0.05) is 20.8 Å². The maximum atomic E-state index is 13.5. The molecule has 1 saturated heterocycles. The first-order valence-corrected chi connectivity index (χ1v) is 13.6. The van der Waals surface area contributed by atoms with Crippen molar-refractivity contribution < 1.29 is 21.8 Å². The molecule has 38 heavy (non-hydrogen) atoms. The van der Waals surface area contributed by atoms with Crippen LogP contribution in [0.1, 0.15) is 38.7 Å². The van der Waals surface area contributed by atoms with Crippen LogP contribution in [-0.4, -0.2) is 72.3 Å². The highest BCUT2D eigenvalue weighted by molar-refractivity contribution is 7.84. The maximum absolute atomic E-state index is 13.5. The second-order valence-electron chi connectivity index (χ2n) is 10.3. The lowest BCUT2D eigenvalue weighted by atomic mass is 9.95. The van der Waals surface area contributed by atoms with Crippen molar-refractivity contribution in [2.75, 3.05) is 43.4 Å². The van der Waals surface area contributed by atoms with Crippen LogP contribution in [0.15, 0.2) is 35.5 Å². The first-order valence-electron chi connectivity index (χ1n) is 12.3. The fraction of sp³-hybridized carbons (Fsp3) is 0.520. The Kier molecular flexibility index (Phi) is 8.17. The van der Waals surface area contributed by atoms with Crippen LogP contribution in [0.5, 0.6) is 0 Å². The molecule has 8 nitrogen and oxygen atoms in total. The summed E-state index contributed by atoms with van der Waals surface area (Å²) in [6.45, 7) is 8.45. The molecule has 1 aliphatic heterocycles. The minimum absolute atomic E-state index is 0.165. The van der Waals surface area contributed by atoms with Gasteiger partial charge in [-0.3, -0.25) is 9.11 Å². The predicted molar refractivity (Wildman–Crippen MR) is 137 cm³/mol. The molecule has 0 aliphatic carbocycles. The van der Waals surface area contributed by atoms with Gasteiger partial charge in [-0.25, -0.2) is 14.4 Å². The molecule has 4 rings (SSSR count). The van der Waals surface area contributed by atoms with Gasteiger partial charge in [0.1, 0.15) is 23.2 Å². The lowest BCUT2D eigenvalue weighted by Crippen LogP contribution is -2.47. The standard InChI is InChI=1S/C25H31F4N7OS/c1-24(2,3)22-30-19(25(27,28)29)16-20(31-22)36-13-11-35(12-14-36)10-5-15-38(37)23-33-32-21(34(23)4)17-6-8-18(26)9-7-17/h6-9,16H,5,10-15H2,1-4H3. The summed E-state index contributed by atoms with van der Waals surface area (Å²) in [5, 5.41) is 8.55. The molecule has 206 valence electrons. The number of aromatic nitrogens is 5. The molecule has 0 saturated carbocycles. The quantitative estimate of drug-likeness (QED) is 0.409. The monoisotopic (exact) mass is 553 g/mol. The summed E-state index contributed by atoms with van der Waals surface area (Å²) in [5.74, 6) is 1.01. The highest BCUT2D eigenvalue weighted by Crippen LogP contribution is 2.32. The first kappa shape index (κ1) is 28.1. The number of halogens is 4. The fourth-order valence-electron chi connectivity index (χ4n) is 4.15. The van der Waals surface area contributed by atoms with Crippen molar-refractivity contribution in [3.8, 4) is 11.4 Å². The number of nitrogens with zero attached hydrogens (tertiary/aromatic N) is 7. The van der Waals surface area contributed by atoms with Crippen LogP contribution >= 0.6 is 0 Å². The van der Waals surface area contributed by atoms with Gasteiger partial charge in [0.25, 0.3) is 0 Å².